The molecule has 1 saturated carbocycles. The van der Waals surface area contributed by atoms with E-state index in [2.05, 4.69) is 20.9 Å². The molecule has 2 aliphatic heterocycles. The molecule has 4 amide bonds. The van der Waals surface area contributed by atoms with Gasteiger partial charge in [0.25, 0.3) is 5.91 Å². The topological polar surface area (TPSA) is 90.5 Å². The standard InChI is InChI=1S/C16H26N4O3/c1-16(14(22)18-15(23)19-16)12-6-3-7-20(9-12)10-13(21)17-8-11-4-2-5-11/h11-12H,2-10H2,1H3,(H,17,21)(H2,18,19,22,23)/t12-,16+/m0/s1. The van der Waals surface area contributed by atoms with Gasteiger partial charge < -0.3 is 10.6 Å². The zero-order valence-electron chi connectivity index (χ0n) is 13.7. The maximum atomic E-state index is 12.1. The Balaban J connectivity index is 1.50. The number of carbonyl (C=O) groups is 3. The lowest BCUT2D eigenvalue weighted by molar-refractivity contribution is -0.126. The first-order chi connectivity index (χ1) is 11.0. The van der Waals surface area contributed by atoms with Crippen molar-refractivity contribution in [3.05, 3.63) is 0 Å². The number of hydrogen-bond acceptors (Lipinski definition) is 4. The average Bonchev–Trinajstić information content (AvgIpc) is 2.71. The minimum absolute atomic E-state index is 0.0298. The lowest BCUT2D eigenvalue weighted by Crippen LogP contribution is -2.56. The average molecular weight is 322 g/mol. The molecule has 3 aliphatic rings. The van der Waals surface area contributed by atoms with E-state index in [1.165, 1.54) is 19.3 Å². The first-order valence-electron chi connectivity index (χ1n) is 8.60. The fraction of sp³-hybridized carbons (Fsp3) is 0.812. The second-order valence-electron chi connectivity index (χ2n) is 7.29. The van der Waals surface area contributed by atoms with E-state index in [0.717, 1.165) is 25.9 Å². The zero-order valence-corrected chi connectivity index (χ0v) is 13.7. The van der Waals surface area contributed by atoms with Gasteiger partial charge in [-0.25, -0.2) is 4.79 Å². The number of imide groups is 1. The van der Waals surface area contributed by atoms with Crippen LogP contribution in [0.15, 0.2) is 0 Å². The zero-order chi connectivity index (χ0) is 16.4. The summed E-state index contributed by atoms with van der Waals surface area (Å²) in [5.41, 5.74) is -0.863. The van der Waals surface area contributed by atoms with Crippen molar-refractivity contribution < 1.29 is 14.4 Å². The van der Waals surface area contributed by atoms with Crippen LogP contribution in [0.4, 0.5) is 4.79 Å². The van der Waals surface area contributed by atoms with Crippen LogP contribution in [0, 0.1) is 11.8 Å². The van der Waals surface area contributed by atoms with Crippen molar-refractivity contribution in [2.75, 3.05) is 26.2 Å². The normalized spacial score (nSPS) is 32.1. The van der Waals surface area contributed by atoms with Crippen LogP contribution in [-0.2, 0) is 9.59 Å². The van der Waals surface area contributed by atoms with Crippen molar-refractivity contribution in [1.82, 2.24) is 20.9 Å². The molecule has 0 aromatic carbocycles. The van der Waals surface area contributed by atoms with E-state index >= 15 is 0 Å². The van der Waals surface area contributed by atoms with Crippen LogP contribution in [-0.4, -0.2) is 54.5 Å². The highest BCUT2D eigenvalue weighted by Crippen LogP contribution is 2.29. The third-order valence-corrected chi connectivity index (χ3v) is 5.57. The van der Waals surface area contributed by atoms with Gasteiger partial charge in [0, 0.05) is 19.0 Å². The Hall–Kier alpha value is -1.63. The number of likely N-dealkylation sites (tertiary alicyclic amines) is 1. The number of carbonyl (C=O) groups excluding carboxylic acids is 3. The molecule has 23 heavy (non-hydrogen) atoms. The van der Waals surface area contributed by atoms with Gasteiger partial charge in [0.15, 0.2) is 0 Å². The van der Waals surface area contributed by atoms with Gasteiger partial charge in [-0.05, 0) is 45.1 Å². The molecule has 3 rings (SSSR count). The molecule has 7 nitrogen and oxygen atoms in total. The Kier molecular flexibility index (Phi) is 4.57. The van der Waals surface area contributed by atoms with Crippen LogP contribution in [0.2, 0.25) is 0 Å². The first kappa shape index (κ1) is 16.2. The van der Waals surface area contributed by atoms with Crippen molar-refractivity contribution in [2.24, 2.45) is 11.8 Å². The van der Waals surface area contributed by atoms with Crippen LogP contribution in [0.5, 0.6) is 0 Å². The van der Waals surface area contributed by atoms with Crippen molar-refractivity contribution in [3.63, 3.8) is 0 Å². The Bertz CT molecular complexity index is 506. The summed E-state index contributed by atoms with van der Waals surface area (Å²) in [6.45, 7) is 4.44. The molecular weight excluding hydrogens is 296 g/mol. The van der Waals surface area contributed by atoms with Gasteiger partial charge in [-0.3, -0.25) is 19.8 Å². The van der Waals surface area contributed by atoms with Crippen LogP contribution < -0.4 is 16.0 Å². The van der Waals surface area contributed by atoms with Gasteiger partial charge in [0.2, 0.25) is 5.91 Å². The molecule has 1 aliphatic carbocycles. The molecule has 0 bridgehead atoms. The number of rotatable bonds is 5. The Morgan fingerprint density at radius 2 is 2.09 bits per heavy atom. The summed E-state index contributed by atoms with van der Waals surface area (Å²) in [6, 6.07) is -0.423. The molecule has 0 unspecified atom stereocenters. The van der Waals surface area contributed by atoms with E-state index < -0.39 is 11.6 Å². The molecule has 2 saturated heterocycles. The summed E-state index contributed by atoms with van der Waals surface area (Å²) < 4.78 is 0. The van der Waals surface area contributed by atoms with Crippen molar-refractivity contribution in [2.45, 2.75) is 44.6 Å². The summed E-state index contributed by atoms with van der Waals surface area (Å²) >= 11 is 0. The lowest BCUT2D eigenvalue weighted by Gasteiger charge is -2.39. The second-order valence-corrected chi connectivity index (χ2v) is 7.29. The number of amides is 4. The predicted octanol–water partition coefficient (Wildman–Crippen LogP) is 0.213. The Labute approximate surface area is 136 Å². The van der Waals surface area contributed by atoms with Gasteiger partial charge in [-0.2, -0.15) is 0 Å². The van der Waals surface area contributed by atoms with E-state index in [4.69, 9.17) is 0 Å². The number of piperidine rings is 1. The van der Waals surface area contributed by atoms with Crippen LogP contribution in [0.3, 0.4) is 0 Å². The third-order valence-electron chi connectivity index (χ3n) is 5.57. The highest BCUT2D eigenvalue weighted by atomic mass is 16.2. The van der Waals surface area contributed by atoms with Gasteiger partial charge in [0.05, 0.1) is 6.54 Å². The molecule has 0 aromatic heterocycles. The summed E-state index contributed by atoms with van der Waals surface area (Å²) in [5.74, 6) is 0.484. The molecular formula is C16H26N4O3. The SMILES string of the molecule is C[C@]1([C@H]2CCCN(CC(=O)NCC3CCC3)C2)NC(=O)NC1=O. The summed E-state index contributed by atoms with van der Waals surface area (Å²) in [5, 5.41) is 8.08. The predicted molar refractivity (Wildman–Crippen MR) is 84.6 cm³/mol. The van der Waals surface area contributed by atoms with Gasteiger partial charge in [-0.1, -0.05) is 6.42 Å². The quantitative estimate of drug-likeness (QED) is 0.631. The summed E-state index contributed by atoms with van der Waals surface area (Å²) in [6.07, 6.45) is 5.53. The molecule has 0 spiro atoms. The molecule has 3 N–H and O–H groups in total. The second kappa shape index (κ2) is 6.47. The molecule has 0 radical (unpaired) electrons. The van der Waals surface area contributed by atoms with E-state index in [9.17, 15) is 14.4 Å². The fourth-order valence-corrected chi connectivity index (χ4v) is 3.73. The number of hydrogen-bond donors (Lipinski definition) is 3. The lowest BCUT2D eigenvalue weighted by atomic mass is 9.80. The minimum atomic E-state index is -0.863. The maximum absolute atomic E-state index is 12.1. The largest absolute Gasteiger partial charge is 0.355 e. The minimum Gasteiger partial charge on any atom is -0.355 e. The molecule has 7 heteroatoms. The molecule has 128 valence electrons. The smallest absolute Gasteiger partial charge is 0.322 e. The molecule has 2 heterocycles. The molecule has 3 fully saturated rings. The highest BCUT2D eigenvalue weighted by Gasteiger charge is 2.48. The monoisotopic (exact) mass is 322 g/mol. The van der Waals surface area contributed by atoms with Crippen LogP contribution in [0.1, 0.15) is 39.0 Å². The van der Waals surface area contributed by atoms with Gasteiger partial charge in [0.1, 0.15) is 5.54 Å². The number of nitrogens with zero attached hydrogens (tertiary/aromatic N) is 1. The maximum Gasteiger partial charge on any atom is 0.322 e. The van der Waals surface area contributed by atoms with E-state index in [0.29, 0.717) is 19.0 Å². The summed E-state index contributed by atoms with van der Waals surface area (Å²) in [4.78, 5) is 37.7. The fourth-order valence-electron chi connectivity index (χ4n) is 3.73. The molecule has 0 aromatic rings. The summed E-state index contributed by atoms with van der Waals surface area (Å²) in [7, 11) is 0. The third kappa shape index (κ3) is 3.49. The van der Waals surface area contributed by atoms with E-state index in [-0.39, 0.29) is 17.7 Å². The number of urea groups is 1. The van der Waals surface area contributed by atoms with Gasteiger partial charge in [-0.15, -0.1) is 0 Å². The van der Waals surface area contributed by atoms with Crippen molar-refractivity contribution in [1.29, 1.82) is 0 Å². The molecule has 2 atom stereocenters. The Morgan fingerprint density at radius 3 is 2.70 bits per heavy atom. The van der Waals surface area contributed by atoms with Gasteiger partial charge >= 0.3 is 6.03 Å². The first-order valence-corrected chi connectivity index (χ1v) is 8.60. The Morgan fingerprint density at radius 1 is 1.30 bits per heavy atom. The van der Waals surface area contributed by atoms with E-state index in [1.807, 2.05) is 0 Å². The van der Waals surface area contributed by atoms with Crippen molar-refractivity contribution in [3.8, 4) is 0 Å². The van der Waals surface area contributed by atoms with Crippen LogP contribution >= 0.6 is 0 Å². The highest BCUT2D eigenvalue weighted by molar-refractivity contribution is 6.07. The van der Waals surface area contributed by atoms with Crippen LogP contribution in [0.25, 0.3) is 0 Å². The van der Waals surface area contributed by atoms with Crippen molar-refractivity contribution >= 4 is 17.8 Å². The van der Waals surface area contributed by atoms with E-state index in [1.54, 1.807) is 6.92 Å². The number of nitrogens with one attached hydrogen (secondary N) is 3.